The Hall–Kier alpha value is -1.83. The lowest BCUT2D eigenvalue weighted by molar-refractivity contribution is -0.118. The number of fused-ring (bicyclic) bond motifs is 1. The molecule has 0 aliphatic rings. The predicted molar refractivity (Wildman–Crippen MR) is 108 cm³/mol. The first kappa shape index (κ1) is 18.9. The number of carbonyl (C=O) groups excluding carboxylic acids is 1. The monoisotopic (exact) mass is 407 g/mol. The first-order valence-electron chi connectivity index (χ1n) is 7.97. The van der Waals surface area contributed by atoms with E-state index in [4.69, 9.17) is 11.6 Å². The normalized spacial score (nSPS) is 11.1. The Balaban J connectivity index is 1.67. The molecule has 0 saturated carbocycles. The van der Waals surface area contributed by atoms with Gasteiger partial charge >= 0.3 is 0 Å². The third-order valence-corrected chi connectivity index (χ3v) is 6.49. The fraction of sp³-hybridized carbons (Fsp3) is 0.278. The third kappa shape index (κ3) is 3.95. The Kier molecular flexibility index (Phi) is 5.70. The molecule has 1 amide bonds. The number of nitrogens with zero attached hydrogens (tertiary/aromatic N) is 2. The minimum absolute atomic E-state index is 0.0686. The molecular formula is C18H18ClN3O2S2. The van der Waals surface area contributed by atoms with E-state index >= 15 is 0 Å². The number of rotatable bonds is 5. The lowest BCUT2D eigenvalue weighted by Crippen LogP contribution is -2.25. The molecule has 0 bridgehead atoms. The van der Waals surface area contributed by atoms with Gasteiger partial charge in [0.15, 0.2) is 5.16 Å². The quantitative estimate of drug-likeness (QED) is 0.517. The summed E-state index contributed by atoms with van der Waals surface area (Å²) in [5.41, 5.74) is 1.89. The number of thioether (sulfide) groups is 1. The highest BCUT2D eigenvalue weighted by Crippen LogP contribution is 2.27. The van der Waals surface area contributed by atoms with Gasteiger partial charge in [-0.05, 0) is 37.1 Å². The van der Waals surface area contributed by atoms with Gasteiger partial charge in [-0.3, -0.25) is 14.2 Å². The Morgan fingerprint density at radius 2 is 2.00 bits per heavy atom. The van der Waals surface area contributed by atoms with Gasteiger partial charge in [-0.25, -0.2) is 4.98 Å². The number of hydrogen-bond donors (Lipinski definition) is 1. The standard InChI is InChI=1S/C18H18ClN3O2S2/c1-10-11(2)26-16-15(10)17(24)22(3)18(21-16)25-9-14(23)20-8-12-4-6-13(19)7-5-12/h4-7H,8-9H2,1-3H3,(H,20,23). The first-order chi connectivity index (χ1) is 12.4. The van der Waals surface area contributed by atoms with Crippen molar-refractivity contribution in [3.8, 4) is 0 Å². The Morgan fingerprint density at radius 3 is 2.69 bits per heavy atom. The van der Waals surface area contributed by atoms with Gasteiger partial charge in [0, 0.05) is 23.5 Å². The van der Waals surface area contributed by atoms with Crippen molar-refractivity contribution in [3.05, 3.63) is 55.6 Å². The Labute approximate surface area is 164 Å². The minimum Gasteiger partial charge on any atom is -0.351 e. The van der Waals surface area contributed by atoms with E-state index in [1.54, 1.807) is 19.2 Å². The van der Waals surface area contributed by atoms with Crippen LogP contribution in [0.15, 0.2) is 34.2 Å². The highest BCUT2D eigenvalue weighted by molar-refractivity contribution is 7.99. The van der Waals surface area contributed by atoms with Crippen LogP contribution in [0.3, 0.4) is 0 Å². The van der Waals surface area contributed by atoms with Gasteiger partial charge in [0.25, 0.3) is 5.56 Å². The van der Waals surface area contributed by atoms with Crippen LogP contribution in [0, 0.1) is 13.8 Å². The summed E-state index contributed by atoms with van der Waals surface area (Å²) >= 11 is 8.62. The van der Waals surface area contributed by atoms with Crippen molar-refractivity contribution in [1.82, 2.24) is 14.9 Å². The molecule has 2 heterocycles. The molecular weight excluding hydrogens is 390 g/mol. The zero-order valence-electron chi connectivity index (χ0n) is 14.6. The smallest absolute Gasteiger partial charge is 0.262 e. The zero-order valence-corrected chi connectivity index (χ0v) is 17.0. The lowest BCUT2D eigenvalue weighted by Gasteiger charge is -2.08. The van der Waals surface area contributed by atoms with E-state index in [9.17, 15) is 9.59 Å². The number of hydrogen-bond acceptors (Lipinski definition) is 5. The lowest BCUT2D eigenvalue weighted by atomic mass is 10.2. The van der Waals surface area contributed by atoms with E-state index in [2.05, 4.69) is 10.3 Å². The van der Waals surface area contributed by atoms with Gasteiger partial charge in [-0.1, -0.05) is 35.5 Å². The maximum atomic E-state index is 12.6. The summed E-state index contributed by atoms with van der Waals surface area (Å²) in [5.74, 6) is 0.0840. The first-order valence-corrected chi connectivity index (χ1v) is 10.2. The summed E-state index contributed by atoms with van der Waals surface area (Å²) in [6.45, 7) is 4.36. The summed E-state index contributed by atoms with van der Waals surface area (Å²) in [5, 5.41) is 4.74. The molecule has 0 atom stereocenters. The summed E-state index contributed by atoms with van der Waals surface area (Å²) in [6, 6.07) is 7.32. The van der Waals surface area contributed by atoms with Crippen LogP contribution in [0.2, 0.25) is 5.02 Å². The van der Waals surface area contributed by atoms with Crippen LogP contribution < -0.4 is 10.9 Å². The molecule has 8 heteroatoms. The highest BCUT2D eigenvalue weighted by atomic mass is 35.5. The molecule has 3 rings (SSSR count). The number of thiophene rings is 1. The molecule has 26 heavy (non-hydrogen) atoms. The second-order valence-corrected chi connectivity index (χ2v) is 8.50. The number of halogens is 1. The maximum Gasteiger partial charge on any atom is 0.262 e. The number of benzene rings is 1. The van der Waals surface area contributed by atoms with Crippen molar-refractivity contribution < 1.29 is 4.79 Å². The minimum atomic E-state index is -0.113. The number of aryl methyl sites for hydroxylation is 2. The van der Waals surface area contributed by atoms with Gasteiger partial charge in [0.1, 0.15) is 4.83 Å². The summed E-state index contributed by atoms with van der Waals surface area (Å²) < 4.78 is 1.51. The van der Waals surface area contributed by atoms with E-state index in [1.165, 1.54) is 27.7 Å². The number of nitrogens with one attached hydrogen (secondary N) is 1. The largest absolute Gasteiger partial charge is 0.351 e. The summed E-state index contributed by atoms with van der Waals surface area (Å²) in [7, 11) is 1.69. The molecule has 0 fully saturated rings. The third-order valence-electron chi connectivity index (χ3n) is 4.10. The molecule has 0 saturated heterocycles. The average Bonchev–Trinajstić information content (AvgIpc) is 2.90. The molecule has 5 nitrogen and oxygen atoms in total. The second-order valence-electron chi connectivity index (χ2n) is 5.91. The SMILES string of the molecule is Cc1sc2nc(SCC(=O)NCc3ccc(Cl)cc3)n(C)c(=O)c2c1C. The van der Waals surface area contributed by atoms with Crippen molar-refractivity contribution >= 4 is 50.8 Å². The van der Waals surface area contributed by atoms with Crippen LogP contribution in [0.25, 0.3) is 10.2 Å². The second kappa shape index (κ2) is 7.82. The molecule has 0 spiro atoms. The predicted octanol–water partition coefficient (Wildman–Crippen LogP) is 3.67. The molecule has 136 valence electrons. The molecule has 3 aromatic rings. The van der Waals surface area contributed by atoms with Gasteiger partial charge in [0.05, 0.1) is 11.1 Å². The molecule has 0 aliphatic carbocycles. The van der Waals surface area contributed by atoms with Crippen molar-refractivity contribution in [2.24, 2.45) is 7.05 Å². The van der Waals surface area contributed by atoms with Crippen LogP contribution in [0.1, 0.15) is 16.0 Å². The van der Waals surface area contributed by atoms with E-state index in [1.807, 2.05) is 26.0 Å². The highest BCUT2D eigenvalue weighted by Gasteiger charge is 2.15. The number of aromatic nitrogens is 2. The molecule has 0 aliphatic heterocycles. The van der Waals surface area contributed by atoms with Crippen molar-refractivity contribution in [3.63, 3.8) is 0 Å². The maximum absolute atomic E-state index is 12.6. The van der Waals surface area contributed by atoms with Crippen LogP contribution in [0.4, 0.5) is 0 Å². The topological polar surface area (TPSA) is 64.0 Å². The van der Waals surface area contributed by atoms with Gasteiger partial charge in [-0.15, -0.1) is 11.3 Å². The summed E-state index contributed by atoms with van der Waals surface area (Å²) in [6.07, 6.45) is 0. The van der Waals surface area contributed by atoms with Crippen LogP contribution >= 0.6 is 34.7 Å². The van der Waals surface area contributed by atoms with Gasteiger partial charge in [-0.2, -0.15) is 0 Å². The molecule has 1 aromatic carbocycles. The molecule has 1 N–H and O–H groups in total. The van der Waals surface area contributed by atoms with Crippen molar-refractivity contribution in [1.29, 1.82) is 0 Å². The van der Waals surface area contributed by atoms with E-state index in [0.29, 0.717) is 22.1 Å². The number of amides is 1. The number of carbonyl (C=O) groups is 1. The van der Waals surface area contributed by atoms with Crippen LogP contribution in [-0.4, -0.2) is 21.2 Å². The van der Waals surface area contributed by atoms with Gasteiger partial charge in [0.2, 0.25) is 5.91 Å². The van der Waals surface area contributed by atoms with E-state index in [0.717, 1.165) is 20.8 Å². The zero-order chi connectivity index (χ0) is 18.8. The Morgan fingerprint density at radius 1 is 1.31 bits per heavy atom. The van der Waals surface area contributed by atoms with E-state index < -0.39 is 0 Å². The molecule has 0 radical (unpaired) electrons. The van der Waals surface area contributed by atoms with Crippen LogP contribution in [-0.2, 0) is 18.4 Å². The van der Waals surface area contributed by atoms with Crippen molar-refractivity contribution in [2.75, 3.05) is 5.75 Å². The Bertz CT molecular complexity index is 1030. The van der Waals surface area contributed by atoms with Gasteiger partial charge < -0.3 is 5.32 Å². The average molecular weight is 408 g/mol. The van der Waals surface area contributed by atoms with E-state index in [-0.39, 0.29) is 17.2 Å². The summed E-state index contributed by atoms with van der Waals surface area (Å²) in [4.78, 5) is 31.1. The fourth-order valence-electron chi connectivity index (χ4n) is 2.47. The molecule has 2 aromatic heterocycles. The fourth-order valence-corrected chi connectivity index (χ4v) is 4.47. The van der Waals surface area contributed by atoms with Crippen molar-refractivity contribution in [2.45, 2.75) is 25.5 Å². The van der Waals surface area contributed by atoms with Crippen LogP contribution in [0.5, 0.6) is 0 Å². The molecule has 0 unspecified atom stereocenters.